The van der Waals surface area contributed by atoms with Crippen LogP contribution in [-0.4, -0.2) is 46.7 Å². The van der Waals surface area contributed by atoms with Crippen molar-refractivity contribution in [3.05, 3.63) is 11.8 Å². The van der Waals surface area contributed by atoms with Crippen molar-refractivity contribution >= 4 is 16.0 Å². The Labute approximate surface area is 137 Å². The number of alkyl halides is 3. The van der Waals surface area contributed by atoms with Gasteiger partial charge in [0.25, 0.3) is 10.0 Å². The predicted octanol–water partition coefficient (Wildman–Crippen LogP) is 1.70. The Morgan fingerprint density at radius 3 is 2.67 bits per heavy atom. The lowest BCUT2D eigenvalue weighted by molar-refractivity contribution is -0.141. The average molecular weight is 369 g/mol. The van der Waals surface area contributed by atoms with Gasteiger partial charge in [-0.3, -0.25) is 9.48 Å². The molecule has 0 saturated carbocycles. The van der Waals surface area contributed by atoms with E-state index in [-0.39, 0.29) is 25.4 Å². The quantitative estimate of drug-likeness (QED) is 0.853. The maximum atomic E-state index is 12.7. The second-order valence-corrected chi connectivity index (χ2v) is 7.68. The van der Waals surface area contributed by atoms with E-state index in [4.69, 9.17) is 5.11 Å². The fourth-order valence-corrected chi connectivity index (χ4v) is 4.45. The summed E-state index contributed by atoms with van der Waals surface area (Å²) >= 11 is 0. The molecule has 1 N–H and O–H groups in total. The molecule has 7 nitrogen and oxygen atoms in total. The van der Waals surface area contributed by atoms with E-state index in [2.05, 4.69) is 5.10 Å². The molecule has 1 fully saturated rings. The van der Waals surface area contributed by atoms with Crippen molar-refractivity contribution < 1.29 is 31.5 Å². The monoisotopic (exact) mass is 369 g/mol. The topological polar surface area (TPSA) is 92.5 Å². The molecule has 0 spiro atoms. The number of carboxylic acid groups (broad SMARTS) is 1. The largest absolute Gasteiger partial charge is 0.481 e. The van der Waals surface area contributed by atoms with Crippen LogP contribution in [0.5, 0.6) is 0 Å². The van der Waals surface area contributed by atoms with Crippen LogP contribution in [0.25, 0.3) is 0 Å². The first-order valence-electron chi connectivity index (χ1n) is 7.35. The first-order valence-corrected chi connectivity index (χ1v) is 8.79. The summed E-state index contributed by atoms with van der Waals surface area (Å²) in [5, 5.41) is 11.4. The van der Waals surface area contributed by atoms with Crippen LogP contribution in [0.4, 0.5) is 13.2 Å². The maximum Gasteiger partial charge on any atom is 0.435 e. The van der Waals surface area contributed by atoms with E-state index in [1.807, 2.05) is 0 Å². The number of halogens is 3. The van der Waals surface area contributed by atoms with Gasteiger partial charge in [-0.05, 0) is 25.2 Å². The zero-order valence-electron chi connectivity index (χ0n) is 13.0. The summed E-state index contributed by atoms with van der Waals surface area (Å²) in [6, 6.07) is 0.524. The summed E-state index contributed by atoms with van der Waals surface area (Å²) < 4.78 is 65.2. The second kappa shape index (κ2) is 6.71. The summed E-state index contributed by atoms with van der Waals surface area (Å²) in [5.74, 6) is -1.09. The van der Waals surface area contributed by atoms with E-state index in [1.165, 1.54) is 0 Å². The third kappa shape index (κ3) is 4.07. The number of piperidine rings is 1. The highest BCUT2D eigenvalue weighted by molar-refractivity contribution is 7.89. The lowest BCUT2D eigenvalue weighted by Crippen LogP contribution is -2.40. The van der Waals surface area contributed by atoms with Crippen molar-refractivity contribution in [3.63, 3.8) is 0 Å². The highest BCUT2D eigenvalue weighted by atomic mass is 32.2. The molecule has 1 aromatic rings. The number of aliphatic carboxylic acids is 1. The van der Waals surface area contributed by atoms with E-state index in [9.17, 15) is 26.4 Å². The molecule has 1 aliphatic heterocycles. The molecule has 1 atom stereocenters. The lowest BCUT2D eigenvalue weighted by Gasteiger charge is -2.31. The average Bonchev–Trinajstić information content (AvgIpc) is 2.88. The second-order valence-electron chi connectivity index (χ2n) is 5.79. The van der Waals surface area contributed by atoms with Crippen LogP contribution in [0.2, 0.25) is 0 Å². The Balaban J connectivity index is 2.20. The van der Waals surface area contributed by atoms with Gasteiger partial charge >= 0.3 is 12.1 Å². The van der Waals surface area contributed by atoms with Gasteiger partial charge in [-0.15, -0.1) is 0 Å². The fraction of sp³-hybridized carbons (Fsp3) is 0.692. The number of hydrogen-bond donors (Lipinski definition) is 1. The molecule has 0 amide bonds. The van der Waals surface area contributed by atoms with Gasteiger partial charge in [-0.25, -0.2) is 8.42 Å². The smallest absolute Gasteiger partial charge is 0.435 e. The summed E-state index contributed by atoms with van der Waals surface area (Å²) in [4.78, 5) is 10.6. The standard InChI is InChI=1S/C13H18F3N3O4S/c1-18-11(7-10(17-18)13(14,15)16)24(22,23)19-6-2-3-9(8-19)4-5-12(20)21/h7,9H,2-6,8H2,1H3,(H,20,21). The number of sulfonamides is 1. The van der Waals surface area contributed by atoms with Gasteiger partial charge in [0.05, 0.1) is 0 Å². The van der Waals surface area contributed by atoms with Gasteiger partial charge in [-0.1, -0.05) is 0 Å². The number of carboxylic acids is 1. The number of aryl methyl sites for hydroxylation is 1. The van der Waals surface area contributed by atoms with Crippen LogP contribution in [0.15, 0.2) is 11.1 Å². The molecule has 11 heteroatoms. The van der Waals surface area contributed by atoms with Gasteiger partial charge in [-0.2, -0.15) is 22.6 Å². The van der Waals surface area contributed by atoms with Crippen LogP contribution in [0, 0.1) is 5.92 Å². The van der Waals surface area contributed by atoms with Crippen LogP contribution < -0.4 is 0 Å². The molecule has 0 bridgehead atoms. The zero-order valence-corrected chi connectivity index (χ0v) is 13.8. The number of rotatable bonds is 5. The summed E-state index contributed by atoms with van der Waals surface area (Å²) in [5.41, 5.74) is -1.26. The minimum Gasteiger partial charge on any atom is -0.481 e. The summed E-state index contributed by atoms with van der Waals surface area (Å²) in [6.07, 6.45) is -3.23. The van der Waals surface area contributed by atoms with Crippen molar-refractivity contribution in [2.45, 2.75) is 36.9 Å². The first kappa shape index (κ1) is 18.7. The first-order chi connectivity index (χ1) is 11.0. The SMILES string of the molecule is Cn1nc(C(F)(F)F)cc1S(=O)(=O)N1CCCC(CCC(=O)O)C1. The molecule has 0 radical (unpaired) electrons. The van der Waals surface area contributed by atoms with E-state index in [0.29, 0.717) is 30.0 Å². The Morgan fingerprint density at radius 2 is 2.12 bits per heavy atom. The van der Waals surface area contributed by atoms with Crippen LogP contribution in [-0.2, 0) is 28.0 Å². The van der Waals surface area contributed by atoms with Crippen molar-refractivity contribution in [1.29, 1.82) is 0 Å². The molecule has 136 valence electrons. The summed E-state index contributed by atoms with van der Waals surface area (Å²) in [6.45, 7) is 0.292. The Morgan fingerprint density at radius 1 is 1.46 bits per heavy atom. The van der Waals surface area contributed by atoms with Gasteiger partial charge in [0.2, 0.25) is 0 Å². The zero-order chi connectivity index (χ0) is 18.1. The fourth-order valence-electron chi connectivity index (χ4n) is 2.77. The molecule has 2 rings (SSSR count). The van der Waals surface area contributed by atoms with Gasteiger partial charge in [0, 0.05) is 32.6 Å². The van der Waals surface area contributed by atoms with Crippen molar-refractivity contribution in [3.8, 4) is 0 Å². The Kier molecular flexibility index (Phi) is 5.23. The maximum absolute atomic E-state index is 12.7. The molecular formula is C13H18F3N3O4S. The van der Waals surface area contributed by atoms with E-state index < -0.39 is 32.9 Å². The molecule has 0 aromatic carbocycles. The van der Waals surface area contributed by atoms with Gasteiger partial charge in [0.1, 0.15) is 0 Å². The van der Waals surface area contributed by atoms with E-state index in [1.54, 1.807) is 0 Å². The molecule has 1 aliphatic rings. The van der Waals surface area contributed by atoms with Crippen LogP contribution in [0.1, 0.15) is 31.4 Å². The number of nitrogens with zero attached hydrogens (tertiary/aromatic N) is 3. The molecule has 24 heavy (non-hydrogen) atoms. The molecule has 0 aliphatic carbocycles. The van der Waals surface area contributed by atoms with Gasteiger partial charge in [0.15, 0.2) is 10.7 Å². The molecule has 1 saturated heterocycles. The Hall–Kier alpha value is -1.62. The third-order valence-corrected chi connectivity index (χ3v) is 5.90. The Bertz CT molecular complexity index is 715. The van der Waals surface area contributed by atoms with Crippen molar-refractivity contribution in [2.75, 3.05) is 13.1 Å². The third-order valence-electron chi connectivity index (χ3n) is 3.98. The van der Waals surface area contributed by atoms with E-state index in [0.717, 1.165) is 11.4 Å². The highest BCUT2D eigenvalue weighted by Crippen LogP contribution is 2.31. The predicted molar refractivity (Wildman–Crippen MR) is 76.6 cm³/mol. The molecular weight excluding hydrogens is 351 g/mol. The molecule has 1 unspecified atom stereocenters. The van der Waals surface area contributed by atoms with Gasteiger partial charge < -0.3 is 5.11 Å². The van der Waals surface area contributed by atoms with E-state index >= 15 is 0 Å². The minimum absolute atomic E-state index is 0.0670. The molecule has 1 aromatic heterocycles. The molecule has 2 heterocycles. The number of hydrogen-bond acceptors (Lipinski definition) is 4. The van der Waals surface area contributed by atoms with Crippen molar-refractivity contribution in [2.24, 2.45) is 13.0 Å². The number of aromatic nitrogens is 2. The van der Waals surface area contributed by atoms with Crippen molar-refractivity contribution in [1.82, 2.24) is 14.1 Å². The highest BCUT2D eigenvalue weighted by Gasteiger charge is 2.38. The number of carbonyl (C=O) groups is 1. The lowest BCUT2D eigenvalue weighted by atomic mass is 9.95. The van der Waals surface area contributed by atoms with Crippen LogP contribution >= 0.6 is 0 Å². The minimum atomic E-state index is -4.72. The normalized spacial score (nSPS) is 20.2. The summed E-state index contributed by atoms with van der Waals surface area (Å²) in [7, 11) is -2.97. The van der Waals surface area contributed by atoms with Crippen LogP contribution in [0.3, 0.4) is 0 Å².